The topological polar surface area (TPSA) is 79.7 Å². The first kappa shape index (κ1) is 28.6. The zero-order valence-corrected chi connectivity index (χ0v) is 22.2. The lowest BCUT2D eigenvalue weighted by Crippen LogP contribution is -2.41. The number of rotatable bonds is 10. The van der Waals surface area contributed by atoms with Crippen molar-refractivity contribution in [1.82, 2.24) is 9.78 Å². The molecule has 1 heterocycles. The van der Waals surface area contributed by atoms with E-state index in [1.807, 2.05) is 0 Å². The molecule has 0 amide bonds. The van der Waals surface area contributed by atoms with Gasteiger partial charge in [-0.2, -0.15) is 18.3 Å². The molecule has 0 radical (unpaired) electrons. The number of nitrogens with zero attached hydrogens (tertiary/aromatic N) is 2. The van der Waals surface area contributed by atoms with Crippen LogP contribution in [0.4, 0.5) is 13.2 Å². The van der Waals surface area contributed by atoms with Gasteiger partial charge in [0.15, 0.2) is 14.0 Å². The highest BCUT2D eigenvalue weighted by molar-refractivity contribution is 6.74. The van der Waals surface area contributed by atoms with Crippen molar-refractivity contribution < 1.29 is 36.7 Å². The Kier molecular flexibility index (Phi) is 8.93. The van der Waals surface area contributed by atoms with Crippen molar-refractivity contribution >= 4 is 20.1 Å². The van der Waals surface area contributed by atoms with Gasteiger partial charge in [-0.05, 0) is 49.7 Å². The lowest BCUT2D eigenvalue weighted by Gasteiger charge is -2.36. The summed E-state index contributed by atoms with van der Waals surface area (Å²) in [6.07, 6.45) is -2.83. The Morgan fingerprint density at radius 2 is 1.77 bits per heavy atom. The van der Waals surface area contributed by atoms with Gasteiger partial charge in [-0.1, -0.05) is 20.8 Å². The van der Waals surface area contributed by atoms with Crippen LogP contribution in [0.25, 0.3) is 0 Å². The third-order valence-corrected chi connectivity index (χ3v) is 10.6. The second-order valence-corrected chi connectivity index (χ2v) is 14.4. The van der Waals surface area contributed by atoms with Crippen LogP contribution in [0.5, 0.6) is 5.75 Å². The second kappa shape index (κ2) is 10.9. The molecule has 0 saturated heterocycles. The lowest BCUT2D eigenvalue weighted by molar-refractivity contribution is -0.137. The number of benzene rings is 1. The maximum atomic E-state index is 13.3. The first-order valence-electron chi connectivity index (χ1n) is 11.3. The number of carbonyl (C=O) groups excluding carboxylic acids is 2. The molecular formula is C24H33F3N2O5Si. The van der Waals surface area contributed by atoms with E-state index in [9.17, 15) is 22.8 Å². The Morgan fingerprint density at radius 3 is 2.31 bits per heavy atom. The Balaban J connectivity index is 2.33. The molecule has 0 N–H and O–H groups in total. The van der Waals surface area contributed by atoms with Crippen LogP contribution < -0.4 is 4.74 Å². The highest BCUT2D eigenvalue weighted by atomic mass is 28.4. The van der Waals surface area contributed by atoms with Crippen LogP contribution >= 0.6 is 0 Å². The van der Waals surface area contributed by atoms with Crippen LogP contribution in [0.15, 0.2) is 24.4 Å². The van der Waals surface area contributed by atoms with Gasteiger partial charge in [0.05, 0.1) is 36.6 Å². The largest absolute Gasteiger partial charge is 0.496 e. The Labute approximate surface area is 204 Å². The Hall–Kier alpha value is -2.66. The number of aryl methyl sites for hydroxylation is 1. The molecule has 0 aliphatic rings. The van der Waals surface area contributed by atoms with Crippen molar-refractivity contribution in [3.05, 3.63) is 46.8 Å². The average Bonchev–Trinajstić information content (AvgIpc) is 3.18. The van der Waals surface area contributed by atoms with Gasteiger partial charge in [-0.25, -0.2) is 4.79 Å². The van der Waals surface area contributed by atoms with Crippen molar-refractivity contribution in [2.24, 2.45) is 0 Å². The molecule has 0 atom stereocenters. The molecule has 0 aliphatic carbocycles. The van der Waals surface area contributed by atoms with Gasteiger partial charge in [-0.15, -0.1) is 0 Å². The first-order valence-corrected chi connectivity index (χ1v) is 14.2. The second-order valence-electron chi connectivity index (χ2n) is 9.55. The third kappa shape index (κ3) is 6.72. The molecule has 35 heavy (non-hydrogen) atoms. The van der Waals surface area contributed by atoms with Gasteiger partial charge < -0.3 is 13.9 Å². The van der Waals surface area contributed by atoms with Crippen molar-refractivity contribution in [2.45, 2.75) is 65.0 Å². The van der Waals surface area contributed by atoms with Crippen LogP contribution in [-0.4, -0.2) is 50.2 Å². The minimum atomic E-state index is -4.59. The number of carbonyl (C=O) groups is 2. The first-order chi connectivity index (χ1) is 16.1. The highest BCUT2D eigenvalue weighted by Crippen LogP contribution is 2.37. The maximum Gasteiger partial charge on any atom is 0.416 e. The molecule has 0 saturated carbocycles. The van der Waals surface area contributed by atoms with Crippen LogP contribution in [0.1, 0.15) is 66.1 Å². The zero-order chi connectivity index (χ0) is 26.6. The zero-order valence-electron chi connectivity index (χ0n) is 21.2. The fraction of sp³-hybridized carbons (Fsp3) is 0.542. The molecular weight excluding hydrogens is 481 g/mol. The summed E-state index contributed by atoms with van der Waals surface area (Å²) in [4.78, 5) is 26.0. The van der Waals surface area contributed by atoms with E-state index < -0.39 is 31.8 Å². The van der Waals surface area contributed by atoms with E-state index in [1.165, 1.54) is 18.0 Å². The molecule has 2 rings (SSSR count). The smallest absolute Gasteiger partial charge is 0.416 e. The molecule has 0 aliphatic heterocycles. The van der Waals surface area contributed by atoms with E-state index in [0.717, 1.165) is 18.2 Å². The number of esters is 1. The van der Waals surface area contributed by atoms with Crippen LogP contribution in [0.3, 0.4) is 0 Å². The fourth-order valence-corrected chi connectivity index (χ4v) is 4.18. The standard InChI is InChI=1S/C24H33F3N2O5Si/c1-8-33-22(31)20-18(15-28-29(20)12-9-13-34-35(6,7)23(2,3)4)21(30)17-11-10-16(24(25,26)27)14-19(17)32-5/h10-11,14-15H,8-9,12-13H2,1-7H3. The summed E-state index contributed by atoms with van der Waals surface area (Å²) >= 11 is 0. The van der Waals surface area contributed by atoms with Gasteiger partial charge in [0.2, 0.25) is 5.78 Å². The van der Waals surface area contributed by atoms with E-state index >= 15 is 0 Å². The normalized spacial score (nSPS) is 12.5. The number of alkyl halides is 3. The highest BCUT2D eigenvalue weighted by Gasteiger charge is 2.37. The van der Waals surface area contributed by atoms with Crippen LogP contribution in [0, 0.1) is 0 Å². The minimum absolute atomic E-state index is 0.0507. The number of hydrogen-bond donors (Lipinski definition) is 0. The number of halogens is 3. The van der Waals surface area contributed by atoms with Gasteiger partial charge in [0.25, 0.3) is 0 Å². The third-order valence-electron chi connectivity index (χ3n) is 6.11. The lowest BCUT2D eigenvalue weighted by atomic mass is 10.0. The summed E-state index contributed by atoms with van der Waals surface area (Å²) in [6, 6.07) is 2.58. The molecule has 1 aromatic heterocycles. The van der Waals surface area contributed by atoms with Gasteiger partial charge in [-0.3, -0.25) is 9.48 Å². The molecule has 0 bridgehead atoms. The van der Waals surface area contributed by atoms with Crippen molar-refractivity contribution in [3.63, 3.8) is 0 Å². The Morgan fingerprint density at radius 1 is 1.11 bits per heavy atom. The summed E-state index contributed by atoms with van der Waals surface area (Å²) in [6.45, 7) is 13.1. The van der Waals surface area contributed by atoms with E-state index in [2.05, 4.69) is 39.0 Å². The van der Waals surface area contributed by atoms with Gasteiger partial charge in [0, 0.05) is 13.2 Å². The van der Waals surface area contributed by atoms with Crippen molar-refractivity contribution in [3.8, 4) is 5.75 Å². The number of ketones is 1. The van der Waals surface area contributed by atoms with E-state index in [1.54, 1.807) is 6.92 Å². The maximum absolute atomic E-state index is 13.3. The van der Waals surface area contributed by atoms with E-state index in [0.29, 0.717) is 19.6 Å². The predicted molar refractivity (Wildman–Crippen MR) is 127 cm³/mol. The monoisotopic (exact) mass is 514 g/mol. The molecule has 194 valence electrons. The predicted octanol–water partition coefficient (Wildman–Crippen LogP) is 5.73. The molecule has 2 aromatic rings. The number of hydrogen-bond acceptors (Lipinski definition) is 6. The van der Waals surface area contributed by atoms with Gasteiger partial charge >= 0.3 is 12.1 Å². The molecule has 0 spiro atoms. The van der Waals surface area contributed by atoms with Crippen LogP contribution in [-0.2, 0) is 21.9 Å². The molecule has 7 nitrogen and oxygen atoms in total. The SMILES string of the molecule is CCOC(=O)c1c(C(=O)c2ccc(C(F)(F)F)cc2OC)cnn1CCCO[Si](C)(C)C(C)(C)C. The average molecular weight is 515 g/mol. The quantitative estimate of drug-likeness (QED) is 0.174. The van der Waals surface area contributed by atoms with Gasteiger partial charge in [0.1, 0.15) is 5.75 Å². The van der Waals surface area contributed by atoms with Crippen molar-refractivity contribution in [2.75, 3.05) is 20.3 Å². The van der Waals surface area contributed by atoms with E-state index in [-0.39, 0.29) is 34.2 Å². The summed E-state index contributed by atoms with van der Waals surface area (Å²) in [5.74, 6) is -1.69. The molecule has 0 fully saturated rings. The molecule has 11 heteroatoms. The Bertz CT molecular complexity index is 1060. The van der Waals surface area contributed by atoms with E-state index in [4.69, 9.17) is 13.9 Å². The van der Waals surface area contributed by atoms with Crippen molar-refractivity contribution in [1.29, 1.82) is 0 Å². The van der Waals surface area contributed by atoms with Crippen LogP contribution in [0.2, 0.25) is 18.1 Å². The minimum Gasteiger partial charge on any atom is -0.496 e. The molecule has 1 aromatic carbocycles. The summed E-state index contributed by atoms with van der Waals surface area (Å²) in [5, 5.41) is 4.24. The molecule has 0 unspecified atom stereocenters. The number of methoxy groups -OCH3 is 1. The summed E-state index contributed by atoms with van der Waals surface area (Å²) < 4.78 is 56.9. The number of ether oxygens (including phenoxy) is 2. The fourth-order valence-electron chi connectivity index (χ4n) is 3.09. The summed E-state index contributed by atoms with van der Waals surface area (Å²) in [7, 11) is -0.775. The summed E-state index contributed by atoms with van der Waals surface area (Å²) in [5.41, 5.74) is -1.21. The number of aromatic nitrogens is 2.